The Balaban J connectivity index is 2.89. The van der Waals surface area contributed by atoms with Crippen molar-refractivity contribution >= 4 is 11.8 Å². The van der Waals surface area contributed by atoms with Crippen LogP contribution in [0.4, 0.5) is 0 Å². The third-order valence-electron chi connectivity index (χ3n) is 1.01. The Hall–Kier alpha value is 0.230. The zero-order chi connectivity index (χ0) is 7.82. The Bertz CT molecular complexity index is 72.8. The van der Waals surface area contributed by atoms with Crippen molar-refractivity contribution in [3.63, 3.8) is 0 Å². The summed E-state index contributed by atoms with van der Waals surface area (Å²) < 4.78 is 4.82. The number of hydrogen-bond donors (Lipinski definition) is 2. The quantitative estimate of drug-likeness (QED) is 0.530. The smallest absolute Gasteiger partial charge is 0.0752 e. The highest BCUT2D eigenvalue weighted by molar-refractivity contribution is 7.99. The highest BCUT2D eigenvalue weighted by Crippen LogP contribution is 2.01. The monoisotopic (exact) mass is 165 g/mol. The van der Waals surface area contributed by atoms with Crippen LogP contribution in [0.1, 0.15) is 0 Å². The highest BCUT2D eigenvalue weighted by atomic mass is 32.2. The van der Waals surface area contributed by atoms with Crippen molar-refractivity contribution < 1.29 is 9.84 Å². The minimum Gasteiger partial charge on any atom is -0.391 e. The van der Waals surface area contributed by atoms with E-state index in [0.29, 0.717) is 12.3 Å². The summed E-state index contributed by atoms with van der Waals surface area (Å²) in [6, 6.07) is 0. The highest BCUT2D eigenvalue weighted by Gasteiger charge is 1.98. The average molecular weight is 165 g/mol. The van der Waals surface area contributed by atoms with Crippen molar-refractivity contribution in [1.82, 2.24) is 0 Å². The SMILES string of the molecule is COCCSC[C@H](O)CN. The van der Waals surface area contributed by atoms with Crippen LogP contribution in [0.5, 0.6) is 0 Å². The normalized spacial score (nSPS) is 13.5. The molecule has 4 heteroatoms. The van der Waals surface area contributed by atoms with Crippen molar-refractivity contribution in [3.8, 4) is 0 Å². The van der Waals surface area contributed by atoms with E-state index in [-0.39, 0.29) is 6.10 Å². The summed E-state index contributed by atoms with van der Waals surface area (Å²) in [4.78, 5) is 0. The molecule has 0 aliphatic heterocycles. The molecule has 0 heterocycles. The number of aliphatic hydroxyl groups is 1. The Morgan fingerprint density at radius 1 is 1.70 bits per heavy atom. The van der Waals surface area contributed by atoms with Crippen LogP contribution in [-0.4, -0.2) is 43.0 Å². The number of ether oxygens (including phenoxy) is 1. The number of rotatable bonds is 6. The lowest BCUT2D eigenvalue weighted by atomic mass is 10.4. The molecule has 1 atom stereocenters. The van der Waals surface area contributed by atoms with Gasteiger partial charge in [0.25, 0.3) is 0 Å². The Kier molecular flexibility index (Phi) is 7.51. The van der Waals surface area contributed by atoms with Crippen LogP contribution in [0.25, 0.3) is 0 Å². The van der Waals surface area contributed by atoms with Crippen molar-refractivity contribution in [2.75, 3.05) is 31.8 Å². The lowest BCUT2D eigenvalue weighted by Gasteiger charge is -2.05. The third-order valence-corrected chi connectivity index (χ3v) is 2.09. The molecule has 0 saturated heterocycles. The summed E-state index contributed by atoms with van der Waals surface area (Å²) in [5.41, 5.74) is 5.19. The molecule has 0 saturated carbocycles. The van der Waals surface area contributed by atoms with E-state index in [4.69, 9.17) is 15.6 Å². The fraction of sp³-hybridized carbons (Fsp3) is 1.00. The molecule has 0 amide bonds. The molecule has 0 radical (unpaired) electrons. The number of nitrogens with two attached hydrogens (primary N) is 1. The van der Waals surface area contributed by atoms with E-state index < -0.39 is 0 Å². The topological polar surface area (TPSA) is 55.5 Å². The van der Waals surface area contributed by atoms with Crippen LogP contribution in [0.15, 0.2) is 0 Å². The minimum absolute atomic E-state index is 0.347. The number of thioether (sulfide) groups is 1. The van der Waals surface area contributed by atoms with Gasteiger partial charge in [-0.15, -0.1) is 0 Å². The molecule has 10 heavy (non-hydrogen) atoms. The van der Waals surface area contributed by atoms with Gasteiger partial charge in [0, 0.05) is 25.2 Å². The lowest BCUT2D eigenvalue weighted by Crippen LogP contribution is -2.22. The van der Waals surface area contributed by atoms with E-state index in [0.717, 1.165) is 12.4 Å². The van der Waals surface area contributed by atoms with Gasteiger partial charge in [-0.2, -0.15) is 11.8 Å². The molecule has 0 unspecified atom stereocenters. The molecule has 0 aromatic heterocycles. The Morgan fingerprint density at radius 3 is 2.90 bits per heavy atom. The fourth-order valence-corrected chi connectivity index (χ4v) is 1.29. The van der Waals surface area contributed by atoms with Crippen molar-refractivity contribution in [3.05, 3.63) is 0 Å². The standard InChI is InChI=1S/C6H15NO2S/c1-9-2-3-10-5-6(8)4-7/h6,8H,2-5,7H2,1H3/t6-/m1/s1. The Labute approximate surface area is 65.9 Å². The molecule has 0 fully saturated rings. The maximum Gasteiger partial charge on any atom is 0.0752 e. The molecular formula is C6H15NO2S. The molecule has 0 bridgehead atoms. The summed E-state index contributed by atoms with van der Waals surface area (Å²) in [5.74, 6) is 1.63. The summed E-state index contributed by atoms with van der Waals surface area (Å²) >= 11 is 1.66. The second-order valence-corrected chi connectivity index (χ2v) is 3.11. The van der Waals surface area contributed by atoms with Crippen LogP contribution in [0.3, 0.4) is 0 Å². The zero-order valence-electron chi connectivity index (χ0n) is 6.25. The van der Waals surface area contributed by atoms with E-state index in [9.17, 15) is 0 Å². The first kappa shape index (κ1) is 10.2. The first-order valence-electron chi connectivity index (χ1n) is 3.26. The van der Waals surface area contributed by atoms with Crippen LogP contribution < -0.4 is 5.73 Å². The molecule has 0 spiro atoms. The lowest BCUT2D eigenvalue weighted by molar-refractivity contribution is 0.206. The average Bonchev–Trinajstić information content (AvgIpc) is 1.98. The predicted molar refractivity (Wildman–Crippen MR) is 44.3 cm³/mol. The van der Waals surface area contributed by atoms with Crippen molar-refractivity contribution in [2.24, 2.45) is 5.73 Å². The number of aliphatic hydroxyl groups excluding tert-OH is 1. The minimum atomic E-state index is -0.359. The molecule has 3 nitrogen and oxygen atoms in total. The predicted octanol–water partition coefficient (Wildman–Crippen LogP) is -0.314. The van der Waals surface area contributed by atoms with Gasteiger partial charge in [-0.05, 0) is 0 Å². The van der Waals surface area contributed by atoms with E-state index in [1.165, 1.54) is 0 Å². The second-order valence-electron chi connectivity index (χ2n) is 1.96. The van der Waals surface area contributed by atoms with Gasteiger partial charge in [-0.3, -0.25) is 0 Å². The van der Waals surface area contributed by atoms with Crippen LogP contribution in [0.2, 0.25) is 0 Å². The zero-order valence-corrected chi connectivity index (χ0v) is 7.06. The first-order chi connectivity index (χ1) is 4.81. The summed E-state index contributed by atoms with van der Waals surface area (Å²) in [6.07, 6.45) is -0.359. The largest absolute Gasteiger partial charge is 0.391 e. The molecule has 0 aromatic rings. The number of methoxy groups -OCH3 is 1. The fourth-order valence-electron chi connectivity index (χ4n) is 0.430. The first-order valence-corrected chi connectivity index (χ1v) is 4.41. The van der Waals surface area contributed by atoms with Gasteiger partial charge in [0.05, 0.1) is 12.7 Å². The van der Waals surface area contributed by atoms with E-state index in [1.807, 2.05) is 0 Å². The van der Waals surface area contributed by atoms with Crippen molar-refractivity contribution in [1.29, 1.82) is 0 Å². The van der Waals surface area contributed by atoms with E-state index in [2.05, 4.69) is 0 Å². The van der Waals surface area contributed by atoms with Gasteiger partial charge in [-0.1, -0.05) is 0 Å². The molecule has 0 aliphatic carbocycles. The molecular weight excluding hydrogens is 150 g/mol. The number of hydrogen-bond acceptors (Lipinski definition) is 4. The van der Waals surface area contributed by atoms with Crippen LogP contribution in [-0.2, 0) is 4.74 Å². The van der Waals surface area contributed by atoms with Crippen molar-refractivity contribution in [2.45, 2.75) is 6.10 Å². The van der Waals surface area contributed by atoms with Gasteiger partial charge < -0.3 is 15.6 Å². The molecule has 0 aliphatic rings. The third kappa shape index (κ3) is 6.35. The van der Waals surface area contributed by atoms with Gasteiger partial charge in [0.15, 0.2) is 0 Å². The maximum atomic E-state index is 8.97. The summed E-state index contributed by atoms with van der Waals surface area (Å²) in [7, 11) is 1.67. The Morgan fingerprint density at radius 2 is 2.40 bits per heavy atom. The van der Waals surface area contributed by atoms with Gasteiger partial charge >= 0.3 is 0 Å². The summed E-state index contributed by atoms with van der Waals surface area (Å²) in [6.45, 7) is 1.09. The molecule has 62 valence electrons. The summed E-state index contributed by atoms with van der Waals surface area (Å²) in [5, 5.41) is 8.97. The molecule has 0 aromatic carbocycles. The van der Waals surface area contributed by atoms with E-state index >= 15 is 0 Å². The van der Waals surface area contributed by atoms with Gasteiger partial charge in [-0.25, -0.2) is 0 Å². The molecule has 0 rings (SSSR count). The maximum absolute atomic E-state index is 8.97. The van der Waals surface area contributed by atoms with Crippen LogP contribution in [0, 0.1) is 0 Å². The molecule has 3 N–H and O–H groups in total. The van der Waals surface area contributed by atoms with Gasteiger partial charge in [0.2, 0.25) is 0 Å². The second kappa shape index (κ2) is 7.34. The van der Waals surface area contributed by atoms with Crippen LogP contribution >= 0.6 is 11.8 Å². The van der Waals surface area contributed by atoms with Gasteiger partial charge in [0.1, 0.15) is 0 Å². The van der Waals surface area contributed by atoms with E-state index in [1.54, 1.807) is 18.9 Å².